The Balaban J connectivity index is 1.41. The molecule has 6 nitrogen and oxygen atoms in total. The highest BCUT2D eigenvalue weighted by Gasteiger charge is 2.25. The van der Waals surface area contributed by atoms with E-state index in [-0.39, 0.29) is 5.91 Å². The van der Waals surface area contributed by atoms with Crippen LogP contribution in [0.1, 0.15) is 17.0 Å². The van der Waals surface area contributed by atoms with Crippen molar-refractivity contribution in [2.75, 3.05) is 38.0 Å². The van der Waals surface area contributed by atoms with E-state index < -0.39 is 0 Å². The van der Waals surface area contributed by atoms with E-state index in [4.69, 9.17) is 4.52 Å². The van der Waals surface area contributed by atoms with Crippen LogP contribution in [0.4, 0.5) is 5.69 Å². The van der Waals surface area contributed by atoms with Crippen molar-refractivity contribution in [1.82, 2.24) is 5.16 Å². The number of hydrogen-bond donors (Lipinski definition) is 3. The Morgan fingerprint density at radius 2 is 1.79 bits per heavy atom. The van der Waals surface area contributed by atoms with Crippen molar-refractivity contribution >= 4 is 11.6 Å². The lowest BCUT2D eigenvalue weighted by Crippen LogP contribution is -3.28. The van der Waals surface area contributed by atoms with Gasteiger partial charge in [0.25, 0.3) is 5.91 Å². The Morgan fingerprint density at radius 3 is 2.42 bits per heavy atom. The van der Waals surface area contributed by atoms with E-state index >= 15 is 0 Å². The minimum Gasteiger partial charge on any atom is -0.361 e. The summed E-state index contributed by atoms with van der Waals surface area (Å²) in [7, 11) is 0. The number of hydrogen-bond acceptors (Lipinski definition) is 3. The predicted octanol–water partition coefficient (Wildman–Crippen LogP) is -0.786. The molecule has 1 aromatic heterocycles. The van der Waals surface area contributed by atoms with Gasteiger partial charge in [-0.1, -0.05) is 22.9 Å². The first-order valence-electron chi connectivity index (χ1n) is 8.54. The number of piperazine rings is 1. The molecule has 1 aliphatic heterocycles. The zero-order valence-electron chi connectivity index (χ0n) is 14.4. The summed E-state index contributed by atoms with van der Waals surface area (Å²) < 4.78 is 5.12. The van der Waals surface area contributed by atoms with Crippen LogP contribution in [0, 0.1) is 13.8 Å². The number of nitrogens with zero attached hydrogens (tertiary/aromatic N) is 1. The number of amides is 1. The van der Waals surface area contributed by atoms with Gasteiger partial charge in [0.05, 0.1) is 0 Å². The van der Waals surface area contributed by atoms with Crippen molar-refractivity contribution in [1.29, 1.82) is 0 Å². The van der Waals surface area contributed by atoms with Gasteiger partial charge in [0.1, 0.15) is 44.2 Å². The van der Waals surface area contributed by atoms with Crippen LogP contribution in [-0.4, -0.2) is 43.8 Å². The number of rotatable bonds is 5. The second-order valence-corrected chi connectivity index (χ2v) is 6.70. The molecular formula is C18H26N4O2+2. The molecule has 1 aromatic carbocycles. The maximum absolute atomic E-state index is 12.2. The third-order valence-electron chi connectivity index (χ3n) is 4.52. The molecule has 3 rings (SSSR count). The van der Waals surface area contributed by atoms with Gasteiger partial charge < -0.3 is 19.6 Å². The Bertz CT molecular complexity index is 673. The van der Waals surface area contributed by atoms with Crippen LogP contribution in [0.15, 0.2) is 34.9 Å². The lowest BCUT2D eigenvalue weighted by Gasteiger charge is -2.28. The fourth-order valence-electron chi connectivity index (χ4n) is 3.14. The van der Waals surface area contributed by atoms with Crippen LogP contribution < -0.4 is 15.1 Å². The Kier molecular flexibility index (Phi) is 5.27. The second-order valence-electron chi connectivity index (χ2n) is 6.70. The number of anilines is 1. The summed E-state index contributed by atoms with van der Waals surface area (Å²) in [5.41, 5.74) is 3.08. The zero-order chi connectivity index (χ0) is 16.9. The molecule has 0 bridgehead atoms. The van der Waals surface area contributed by atoms with Gasteiger partial charge in [0.2, 0.25) is 0 Å². The van der Waals surface area contributed by atoms with E-state index in [9.17, 15) is 4.79 Å². The molecule has 0 unspecified atom stereocenters. The van der Waals surface area contributed by atoms with E-state index in [0.717, 1.165) is 49.9 Å². The standard InChI is InChI=1S/C18H24N4O2/c1-14-3-5-16(6-4-14)19-18(23)13-22-9-7-21(8-10-22)12-17-11-15(2)24-20-17/h3-6,11H,7-10,12-13H2,1-2H3,(H,19,23)/p+2. The second kappa shape index (κ2) is 7.59. The van der Waals surface area contributed by atoms with Crippen LogP contribution in [0.25, 0.3) is 0 Å². The number of benzene rings is 1. The van der Waals surface area contributed by atoms with Gasteiger partial charge >= 0.3 is 0 Å². The summed E-state index contributed by atoms with van der Waals surface area (Å²) in [5.74, 6) is 0.950. The summed E-state index contributed by atoms with van der Waals surface area (Å²) >= 11 is 0. The number of carbonyl (C=O) groups excluding carboxylic acids is 1. The van der Waals surface area contributed by atoms with E-state index in [1.807, 2.05) is 44.2 Å². The lowest BCUT2D eigenvalue weighted by molar-refractivity contribution is -1.02. The Morgan fingerprint density at radius 1 is 1.12 bits per heavy atom. The minimum atomic E-state index is 0.0874. The van der Waals surface area contributed by atoms with E-state index in [1.54, 1.807) is 0 Å². The average Bonchev–Trinajstić information content (AvgIpc) is 2.96. The highest BCUT2D eigenvalue weighted by Crippen LogP contribution is 2.07. The first kappa shape index (κ1) is 16.7. The molecule has 0 radical (unpaired) electrons. The van der Waals surface area contributed by atoms with Gasteiger partial charge in [-0.3, -0.25) is 4.79 Å². The van der Waals surface area contributed by atoms with Crippen LogP contribution in [0.3, 0.4) is 0 Å². The molecule has 3 N–H and O–H groups in total. The zero-order valence-corrected chi connectivity index (χ0v) is 14.4. The molecule has 24 heavy (non-hydrogen) atoms. The number of aromatic nitrogens is 1. The molecule has 128 valence electrons. The fourth-order valence-corrected chi connectivity index (χ4v) is 3.14. The molecule has 0 saturated carbocycles. The number of nitrogens with one attached hydrogen (secondary N) is 3. The Labute approximate surface area is 142 Å². The maximum atomic E-state index is 12.2. The van der Waals surface area contributed by atoms with Crippen LogP contribution in [0.2, 0.25) is 0 Å². The lowest BCUT2D eigenvalue weighted by atomic mass is 10.2. The summed E-state index contributed by atoms with van der Waals surface area (Å²) in [4.78, 5) is 15.0. The van der Waals surface area contributed by atoms with Gasteiger partial charge in [0.15, 0.2) is 6.54 Å². The van der Waals surface area contributed by atoms with Crippen molar-refractivity contribution in [3.05, 3.63) is 47.3 Å². The molecule has 1 fully saturated rings. The van der Waals surface area contributed by atoms with Gasteiger partial charge in [-0.15, -0.1) is 0 Å². The van der Waals surface area contributed by atoms with E-state index in [1.165, 1.54) is 15.4 Å². The Hall–Kier alpha value is -2.18. The SMILES string of the molecule is Cc1ccc(NC(=O)C[NH+]2CC[NH+](Cc3cc(C)on3)CC2)cc1. The third-order valence-corrected chi connectivity index (χ3v) is 4.52. The highest BCUT2D eigenvalue weighted by molar-refractivity contribution is 5.91. The number of quaternary nitrogens is 2. The monoisotopic (exact) mass is 330 g/mol. The summed E-state index contributed by atoms with van der Waals surface area (Å²) in [6, 6.07) is 9.92. The molecule has 0 aliphatic carbocycles. The quantitative estimate of drug-likeness (QED) is 0.674. The number of carbonyl (C=O) groups is 1. The fraction of sp³-hybridized carbons (Fsp3) is 0.444. The number of aryl methyl sites for hydroxylation is 2. The van der Waals surface area contributed by atoms with Crippen molar-refractivity contribution in [2.45, 2.75) is 20.4 Å². The largest absolute Gasteiger partial charge is 0.361 e. The molecular weight excluding hydrogens is 304 g/mol. The summed E-state index contributed by atoms with van der Waals surface area (Å²) in [5, 5.41) is 7.04. The van der Waals surface area contributed by atoms with E-state index in [2.05, 4.69) is 10.5 Å². The summed E-state index contributed by atoms with van der Waals surface area (Å²) in [6.07, 6.45) is 0. The first-order chi connectivity index (χ1) is 11.6. The smallest absolute Gasteiger partial charge is 0.279 e. The van der Waals surface area contributed by atoms with Crippen LogP contribution in [-0.2, 0) is 11.3 Å². The van der Waals surface area contributed by atoms with Gasteiger partial charge in [-0.05, 0) is 26.0 Å². The average molecular weight is 330 g/mol. The van der Waals surface area contributed by atoms with Crippen molar-refractivity contribution in [2.24, 2.45) is 0 Å². The minimum absolute atomic E-state index is 0.0874. The topological polar surface area (TPSA) is 64.0 Å². The molecule has 1 aliphatic rings. The van der Waals surface area contributed by atoms with Crippen molar-refractivity contribution in [3.63, 3.8) is 0 Å². The van der Waals surface area contributed by atoms with Crippen molar-refractivity contribution < 1.29 is 19.1 Å². The molecule has 0 spiro atoms. The molecule has 1 amide bonds. The van der Waals surface area contributed by atoms with Gasteiger partial charge in [-0.2, -0.15) is 0 Å². The van der Waals surface area contributed by atoms with E-state index in [0.29, 0.717) is 6.54 Å². The first-order valence-corrected chi connectivity index (χ1v) is 8.54. The van der Waals surface area contributed by atoms with Gasteiger partial charge in [-0.25, -0.2) is 0 Å². The third kappa shape index (κ3) is 4.66. The van der Waals surface area contributed by atoms with Crippen molar-refractivity contribution in [3.8, 4) is 0 Å². The predicted molar refractivity (Wildman–Crippen MR) is 91.0 cm³/mol. The molecule has 2 aromatic rings. The molecule has 2 heterocycles. The molecule has 0 atom stereocenters. The van der Waals surface area contributed by atoms with Crippen LogP contribution in [0.5, 0.6) is 0 Å². The van der Waals surface area contributed by atoms with Crippen LogP contribution >= 0.6 is 0 Å². The summed E-state index contributed by atoms with van der Waals surface area (Å²) in [6.45, 7) is 9.52. The van der Waals surface area contributed by atoms with Gasteiger partial charge in [0, 0.05) is 11.8 Å². The molecule has 1 saturated heterocycles. The maximum Gasteiger partial charge on any atom is 0.279 e. The highest BCUT2D eigenvalue weighted by atomic mass is 16.5. The molecule has 6 heteroatoms. The normalized spacial score (nSPS) is 20.8.